The summed E-state index contributed by atoms with van der Waals surface area (Å²) in [7, 11) is 0. The van der Waals surface area contributed by atoms with E-state index in [1.165, 1.54) is 0 Å². The molecule has 0 aromatic rings. The van der Waals surface area contributed by atoms with E-state index in [0.717, 1.165) is 6.54 Å². The van der Waals surface area contributed by atoms with Crippen LogP contribution >= 0.6 is 15.9 Å². The second-order valence-corrected chi connectivity index (χ2v) is 4.33. The van der Waals surface area contributed by atoms with Crippen LogP contribution in [-0.2, 0) is 0 Å². The fourth-order valence-electron chi connectivity index (χ4n) is 0.930. The van der Waals surface area contributed by atoms with Gasteiger partial charge in [0, 0.05) is 12.1 Å². The molecule has 54 valence electrons. The smallest absolute Gasteiger partial charge is 0.180 e. The van der Waals surface area contributed by atoms with Crippen molar-refractivity contribution in [1.29, 1.82) is 0 Å². The van der Waals surface area contributed by atoms with Gasteiger partial charge in [-0.25, -0.2) is 0 Å². The van der Waals surface area contributed by atoms with Crippen molar-refractivity contribution in [3.63, 3.8) is 0 Å². The monoisotopic (exact) mass is 193 g/mol. The molecular formula is C5H12BrN3. The molecule has 1 saturated heterocycles. The molecule has 0 aromatic heterocycles. The number of halogens is 1. The van der Waals surface area contributed by atoms with E-state index in [1.54, 1.807) is 0 Å². The lowest BCUT2D eigenvalue weighted by Crippen LogP contribution is -2.54. The van der Waals surface area contributed by atoms with Crippen LogP contribution in [0.3, 0.4) is 0 Å². The summed E-state index contributed by atoms with van der Waals surface area (Å²) in [5.41, 5.74) is 5.74. The van der Waals surface area contributed by atoms with Gasteiger partial charge in [-0.3, -0.25) is 16.4 Å². The molecule has 1 unspecified atom stereocenters. The van der Waals surface area contributed by atoms with E-state index in [1.807, 2.05) is 0 Å². The van der Waals surface area contributed by atoms with Crippen molar-refractivity contribution in [2.45, 2.75) is 24.1 Å². The number of hydrogen-bond donors (Lipinski definition) is 3. The third-order valence-electron chi connectivity index (χ3n) is 1.31. The summed E-state index contributed by atoms with van der Waals surface area (Å²) in [5, 5.41) is 6.22. The Morgan fingerprint density at radius 1 is 1.56 bits per heavy atom. The Balaban J connectivity index is 2.58. The summed E-state index contributed by atoms with van der Waals surface area (Å²) >= 11 is 3.27. The van der Waals surface area contributed by atoms with Crippen molar-refractivity contribution in [3.05, 3.63) is 0 Å². The fourth-order valence-corrected chi connectivity index (χ4v) is 1.61. The zero-order valence-electron chi connectivity index (χ0n) is 5.66. The van der Waals surface area contributed by atoms with Crippen LogP contribution in [0.5, 0.6) is 0 Å². The number of rotatable bonds is 0. The van der Waals surface area contributed by atoms with E-state index in [4.69, 9.17) is 5.73 Å². The van der Waals surface area contributed by atoms with Crippen LogP contribution in [0.4, 0.5) is 0 Å². The van der Waals surface area contributed by atoms with Crippen LogP contribution in [0.1, 0.15) is 13.8 Å². The minimum atomic E-state index is -0.559. The molecule has 0 aromatic carbocycles. The van der Waals surface area contributed by atoms with Crippen LogP contribution in [0.2, 0.25) is 0 Å². The molecule has 0 saturated carbocycles. The number of nitrogens with two attached hydrogens (primary N) is 1. The van der Waals surface area contributed by atoms with Gasteiger partial charge >= 0.3 is 0 Å². The summed E-state index contributed by atoms with van der Waals surface area (Å²) in [6.07, 6.45) is 0. The fraction of sp³-hybridized carbons (Fsp3) is 1.00. The molecule has 0 amide bonds. The highest BCUT2D eigenvalue weighted by molar-refractivity contribution is 9.10. The van der Waals surface area contributed by atoms with Crippen molar-refractivity contribution in [3.8, 4) is 0 Å². The van der Waals surface area contributed by atoms with Gasteiger partial charge in [-0.1, -0.05) is 0 Å². The van der Waals surface area contributed by atoms with Gasteiger partial charge < -0.3 is 0 Å². The standard InChI is InChI=1S/C5H12BrN3/c1-4(2)3-8-5(6,7)9-4/h8-9H,3,7H2,1-2H3. The second-order valence-electron chi connectivity index (χ2n) is 3.07. The van der Waals surface area contributed by atoms with E-state index in [-0.39, 0.29) is 5.54 Å². The molecule has 3 nitrogen and oxygen atoms in total. The molecule has 4 N–H and O–H groups in total. The zero-order chi connectivity index (χ0) is 7.12. The van der Waals surface area contributed by atoms with Gasteiger partial charge in [0.2, 0.25) is 0 Å². The van der Waals surface area contributed by atoms with E-state index < -0.39 is 4.70 Å². The maximum atomic E-state index is 5.65. The van der Waals surface area contributed by atoms with Crippen LogP contribution < -0.4 is 16.4 Å². The maximum absolute atomic E-state index is 5.65. The first kappa shape index (κ1) is 7.47. The van der Waals surface area contributed by atoms with Crippen molar-refractivity contribution >= 4 is 15.9 Å². The number of nitrogens with one attached hydrogen (secondary N) is 2. The molecule has 0 radical (unpaired) electrons. The Hall–Kier alpha value is 0.360. The summed E-state index contributed by atoms with van der Waals surface area (Å²) < 4.78 is -0.559. The van der Waals surface area contributed by atoms with Gasteiger partial charge in [-0.2, -0.15) is 0 Å². The van der Waals surface area contributed by atoms with Crippen LogP contribution in [0.15, 0.2) is 0 Å². The molecular weight excluding hydrogens is 182 g/mol. The molecule has 9 heavy (non-hydrogen) atoms. The molecule has 0 bridgehead atoms. The number of alkyl halides is 1. The quantitative estimate of drug-likeness (QED) is 0.373. The van der Waals surface area contributed by atoms with Crippen LogP contribution in [0, 0.1) is 0 Å². The van der Waals surface area contributed by atoms with Crippen molar-refractivity contribution in [2.75, 3.05) is 6.54 Å². The Kier molecular flexibility index (Phi) is 1.59. The Bertz CT molecular complexity index is 107. The van der Waals surface area contributed by atoms with Crippen molar-refractivity contribution in [1.82, 2.24) is 10.6 Å². The van der Waals surface area contributed by atoms with E-state index >= 15 is 0 Å². The molecule has 1 atom stereocenters. The van der Waals surface area contributed by atoms with Crippen molar-refractivity contribution in [2.24, 2.45) is 5.73 Å². The first-order valence-electron chi connectivity index (χ1n) is 2.93. The van der Waals surface area contributed by atoms with Gasteiger partial charge in [-0.05, 0) is 29.8 Å². The summed E-state index contributed by atoms with van der Waals surface area (Å²) in [4.78, 5) is 0. The van der Waals surface area contributed by atoms with Gasteiger partial charge in [0.05, 0.1) is 0 Å². The molecule has 4 heteroatoms. The molecule has 1 aliphatic rings. The first-order chi connectivity index (χ1) is 3.91. The first-order valence-corrected chi connectivity index (χ1v) is 3.73. The lowest BCUT2D eigenvalue weighted by Gasteiger charge is -2.21. The average molecular weight is 194 g/mol. The van der Waals surface area contributed by atoms with Gasteiger partial charge in [0.15, 0.2) is 4.70 Å². The Morgan fingerprint density at radius 2 is 2.11 bits per heavy atom. The SMILES string of the molecule is CC1(C)CNC(N)(Br)N1. The van der Waals surface area contributed by atoms with Crippen molar-refractivity contribution < 1.29 is 0 Å². The third kappa shape index (κ3) is 1.89. The minimum Gasteiger partial charge on any atom is -0.291 e. The highest BCUT2D eigenvalue weighted by Gasteiger charge is 2.36. The maximum Gasteiger partial charge on any atom is 0.180 e. The number of hydrogen-bond acceptors (Lipinski definition) is 3. The molecule has 1 aliphatic heterocycles. The minimum absolute atomic E-state index is 0.0955. The Morgan fingerprint density at radius 3 is 2.22 bits per heavy atom. The third-order valence-corrected chi connectivity index (χ3v) is 1.79. The highest BCUT2D eigenvalue weighted by Crippen LogP contribution is 2.16. The van der Waals surface area contributed by atoms with Gasteiger partial charge in [0.1, 0.15) is 0 Å². The molecule has 0 spiro atoms. The summed E-state index contributed by atoms with van der Waals surface area (Å²) in [6.45, 7) is 5.07. The molecule has 1 heterocycles. The van der Waals surface area contributed by atoms with Crippen LogP contribution in [0.25, 0.3) is 0 Å². The average Bonchev–Trinajstić information content (AvgIpc) is 1.78. The second kappa shape index (κ2) is 1.92. The van der Waals surface area contributed by atoms with Gasteiger partial charge in [0.25, 0.3) is 0 Å². The lowest BCUT2D eigenvalue weighted by molar-refractivity contribution is 0.429. The summed E-state index contributed by atoms with van der Waals surface area (Å²) in [6, 6.07) is 0. The zero-order valence-corrected chi connectivity index (χ0v) is 7.25. The highest BCUT2D eigenvalue weighted by atomic mass is 79.9. The van der Waals surface area contributed by atoms with Crippen LogP contribution in [-0.4, -0.2) is 16.8 Å². The van der Waals surface area contributed by atoms with E-state index in [0.29, 0.717) is 0 Å². The summed E-state index contributed by atoms with van der Waals surface area (Å²) in [5.74, 6) is 0. The van der Waals surface area contributed by atoms with E-state index in [2.05, 4.69) is 40.4 Å². The predicted molar refractivity (Wildman–Crippen MR) is 41.1 cm³/mol. The molecule has 1 rings (SSSR count). The molecule has 1 fully saturated rings. The topological polar surface area (TPSA) is 50.1 Å². The normalized spacial score (nSPS) is 41.3. The lowest BCUT2D eigenvalue weighted by atomic mass is 10.1. The molecule has 0 aliphatic carbocycles. The Labute approximate surface area is 63.5 Å². The largest absolute Gasteiger partial charge is 0.291 e. The predicted octanol–water partition coefficient (Wildman–Crippen LogP) is -0.0773. The van der Waals surface area contributed by atoms with E-state index in [9.17, 15) is 0 Å². The van der Waals surface area contributed by atoms with Gasteiger partial charge in [-0.15, -0.1) is 0 Å².